The molecule has 146 valence electrons. The third-order valence-corrected chi connectivity index (χ3v) is 4.65. The van der Waals surface area contributed by atoms with Gasteiger partial charge in [0.05, 0.1) is 17.9 Å². The Balaban J connectivity index is 1.62. The van der Waals surface area contributed by atoms with Gasteiger partial charge in [0, 0.05) is 18.3 Å². The Morgan fingerprint density at radius 1 is 1.26 bits per heavy atom. The van der Waals surface area contributed by atoms with Gasteiger partial charge in [-0.15, -0.1) is 5.10 Å². The van der Waals surface area contributed by atoms with Gasteiger partial charge in [0.1, 0.15) is 11.4 Å². The van der Waals surface area contributed by atoms with E-state index in [1.165, 1.54) is 42.5 Å². The van der Waals surface area contributed by atoms with Crippen molar-refractivity contribution in [3.8, 4) is 11.6 Å². The maximum Gasteiger partial charge on any atom is 0.341 e. The fraction of sp³-hybridized carbons (Fsp3) is 0.524. The van der Waals surface area contributed by atoms with Crippen molar-refractivity contribution >= 4 is 5.97 Å². The Bertz CT molecular complexity index is 789. The van der Waals surface area contributed by atoms with Gasteiger partial charge in [0.15, 0.2) is 0 Å². The Kier molecular flexibility index (Phi) is 5.82. The molecule has 1 aromatic heterocycles. The Morgan fingerprint density at radius 3 is 2.67 bits per heavy atom. The van der Waals surface area contributed by atoms with Gasteiger partial charge in [-0.1, -0.05) is 25.7 Å². The van der Waals surface area contributed by atoms with Crippen LogP contribution in [-0.4, -0.2) is 28.0 Å². The predicted molar refractivity (Wildman–Crippen MR) is 101 cm³/mol. The molecule has 0 aliphatic heterocycles. The van der Waals surface area contributed by atoms with E-state index in [2.05, 4.69) is 5.10 Å². The average Bonchev–Trinajstić information content (AvgIpc) is 3.25. The molecule has 1 saturated carbocycles. The summed E-state index contributed by atoms with van der Waals surface area (Å²) in [6.07, 6.45) is 8.00. The third kappa shape index (κ3) is 5.31. The van der Waals surface area contributed by atoms with E-state index in [1.54, 1.807) is 39.1 Å². The molecule has 0 radical (unpaired) electrons. The molecule has 1 heterocycles. The molecule has 6 heteroatoms. The fourth-order valence-electron chi connectivity index (χ4n) is 3.30. The van der Waals surface area contributed by atoms with Crippen LogP contribution in [0.1, 0.15) is 63.2 Å². The molecular formula is C21H27FN2O3. The van der Waals surface area contributed by atoms with Gasteiger partial charge >= 0.3 is 5.97 Å². The van der Waals surface area contributed by atoms with E-state index >= 15 is 0 Å². The minimum absolute atomic E-state index is 0.0890. The summed E-state index contributed by atoms with van der Waals surface area (Å²) in [6.45, 7) is 5.88. The van der Waals surface area contributed by atoms with E-state index in [4.69, 9.17) is 9.47 Å². The first kappa shape index (κ1) is 19.4. The summed E-state index contributed by atoms with van der Waals surface area (Å²) in [6, 6.07) is 6.08. The SMILES string of the molecule is CC(C)(C)OC(=O)c1ccc(-n2ccc(OCCC3CCCC3)n2)cc1F. The second-order valence-corrected chi connectivity index (χ2v) is 8.05. The lowest BCUT2D eigenvalue weighted by Crippen LogP contribution is -2.24. The van der Waals surface area contributed by atoms with E-state index in [9.17, 15) is 9.18 Å². The first-order valence-electron chi connectivity index (χ1n) is 9.53. The molecule has 27 heavy (non-hydrogen) atoms. The number of carbonyl (C=O) groups excluding carboxylic acids is 1. The van der Waals surface area contributed by atoms with Crippen LogP contribution in [0.25, 0.3) is 5.69 Å². The number of esters is 1. The first-order valence-corrected chi connectivity index (χ1v) is 9.53. The first-order chi connectivity index (χ1) is 12.8. The second kappa shape index (κ2) is 8.11. The number of ether oxygens (including phenoxy) is 2. The van der Waals surface area contributed by atoms with Gasteiger partial charge in [0.2, 0.25) is 5.88 Å². The monoisotopic (exact) mass is 374 g/mol. The van der Waals surface area contributed by atoms with E-state index in [0.717, 1.165) is 12.3 Å². The minimum atomic E-state index is -0.678. The van der Waals surface area contributed by atoms with Crippen molar-refractivity contribution in [2.45, 2.75) is 58.5 Å². The highest BCUT2D eigenvalue weighted by atomic mass is 19.1. The molecule has 5 nitrogen and oxygen atoms in total. The lowest BCUT2D eigenvalue weighted by molar-refractivity contribution is 0.00647. The lowest BCUT2D eigenvalue weighted by Gasteiger charge is -2.19. The second-order valence-electron chi connectivity index (χ2n) is 8.05. The highest BCUT2D eigenvalue weighted by molar-refractivity contribution is 5.90. The molecule has 0 saturated heterocycles. The van der Waals surface area contributed by atoms with Crippen LogP contribution in [0.5, 0.6) is 5.88 Å². The minimum Gasteiger partial charge on any atom is -0.477 e. The number of carbonyl (C=O) groups is 1. The molecule has 0 amide bonds. The number of benzene rings is 1. The molecule has 1 aliphatic rings. The van der Waals surface area contributed by atoms with Crippen molar-refractivity contribution in [2.24, 2.45) is 5.92 Å². The van der Waals surface area contributed by atoms with Crippen molar-refractivity contribution in [3.05, 3.63) is 41.8 Å². The molecule has 1 fully saturated rings. The molecule has 0 atom stereocenters. The van der Waals surface area contributed by atoms with Gasteiger partial charge in [-0.3, -0.25) is 0 Å². The van der Waals surface area contributed by atoms with Gasteiger partial charge in [-0.05, 0) is 45.2 Å². The molecule has 0 N–H and O–H groups in total. The molecule has 0 spiro atoms. The van der Waals surface area contributed by atoms with Gasteiger partial charge in [-0.25, -0.2) is 13.9 Å². The summed E-state index contributed by atoms with van der Waals surface area (Å²) < 4.78 is 26.8. The molecular weight excluding hydrogens is 347 g/mol. The molecule has 1 aliphatic carbocycles. The van der Waals surface area contributed by atoms with Crippen LogP contribution in [0.3, 0.4) is 0 Å². The van der Waals surface area contributed by atoms with Gasteiger partial charge in [-0.2, -0.15) is 0 Å². The summed E-state index contributed by atoms with van der Waals surface area (Å²) >= 11 is 0. The fourth-order valence-corrected chi connectivity index (χ4v) is 3.30. The smallest absolute Gasteiger partial charge is 0.341 e. The average molecular weight is 374 g/mol. The van der Waals surface area contributed by atoms with E-state index in [1.807, 2.05) is 0 Å². The van der Waals surface area contributed by atoms with Crippen molar-refractivity contribution in [1.82, 2.24) is 9.78 Å². The number of hydrogen-bond donors (Lipinski definition) is 0. The number of hydrogen-bond acceptors (Lipinski definition) is 4. The number of halogens is 1. The van der Waals surface area contributed by atoms with Crippen LogP contribution in [0, 0.1) is 11.7 Å². The lowest BCUT2D eigenvalue weighted by atomic mass is 10.1. The van der Waals surface area contributed by atoms with E-state index < -0.39 is 17.4 Å². The van der Waals surface area contributed by atoms with Gasteiger partial charge in [0.25, 0.3) is 0 Å². The maximum atomic E-state index is 14.4. The largest absolute Gasteiger partial charge is 0.477 e. The van der Waals surface area contributed by atoms with Crippen molar-refractivity contribution in [2.75, 3.05) is 6.61 Å². The quantitative estimate of drug-likeness (QED) is 0.673. The summed E-state index contributed by atoms with van der Waals surface area (Å²) in [4.78, 5) is 12.1. The van der Waals surface area contributed by atoms with Crippen LogP contribution >= 0.6 is 0 Å². The predicted octanol–water partition coefficient (Wildman–Crippen LogP) is 4.93. The zero-order chi connectivity index (χ0) is 19.4. The summed E-state index contributed by atoms with van der Waals surface area (Å²) in [7, 11) is 0. The molecule has 0 bridgehead atoms. The summed E-state index contributed by atoms with van der Waals surface area (Å²) in [5.74, 6) is -0.0323. The Labute approximate surface area is 159 Å². The standard InChI is InChI=1S/C21H27FN2O3/c1-21(2,3)27-20(25)17-9-8-16(14-18(17)22)24-12-10-19(23-24)26-13-11-15-6-4-5-7-15/h8-10,12,14-15H,4-7,11,13H2,1-3H3. The molecule has 2 aromatic rings. The molecule has 1 aromatic carbocycles. The van der Waals surface area contributed by atoms with Gasteiger partial charge < -0.3 is 9.47 Å². The summed E-state index contributed by atoms with van der Waals surface area (Å²) in [5.41, 5.74) is -0.242. The Morgan fingerprint density at radius 2 is 2.00 bits per heavy atom. The van der Waals surface area contributed by atoms with Crippen LogP contribution in [0.4, 0.5) is 4.39 Å². The zero-order valence-corrected chi connectivity index (χ0v) is 16.2. The number of aromatic nitrogens is 2. The molecule has 0 unspecified atom stereocenters. The molecule has 3 rings (SSSR count). The highest BCUT2D eigenvalue weighted by Gasteiger charge is 2.21. The van der Waals surface area contributed by atoms with Crippen molar-refractivity contribution in [1.29, 1.82) is 0 Å². The highest BCUT2D eigenvalue weighted by Crippen LogP contribution is 2.27. The van der Waals surface area contributed by atoms with Crippen LogP contribution < -0.4 is 4.74 Å². The number of nitrogens with zero attached hydrogens (tertiary/aromatic N) is 2. The van der Waals surface area contributed by atoms with Crippen molar-refractivity contribution in [3.63, 3.8) is 0 Å². The van der Waals surface area contributed by atoms with Crippen LogP contribution in [-0.2, 0) is 4.74 Å². The third-order valence-electron chi connectivity index (χ3n) is 4.65. The normalized spacial score (nSPS) is 15.1. The summed E-state index contributed by atoms with van der Waals surface area (Å²) in [5, 5.41) is 4.33. The Hall–Kier alpha value is -2.37. The van der Waals surface area contributed by atoms with E-state index in [0.29, 0.717) is 18.2 Å². The van der Waals surface area contributed by atoms with Crippen LogP contribution in [0.15, 0.2) is 30.5 Å². The van der Waals surface area contributed by atoms with E-state index in [-0.39, 0.29) is 5.56 Å². The topological polar surface area (TPSA) is 53.4 Å². The van der Waals surface area contributed by atoms with Crippen molar-refractivity contribution < 1.29 is 18.7 Å². The number of rotatable bonds is 6. The van der Waals surface area contributed by atoms with Crippen LogP contribution in [0.2, 0.25) is 0 Å². The maximum absolute atomic E-state index is 14.4. The zero-order valence-electron chi connectivity index (χ0n) is 16.2.